The number of hydrogen-bond acceptors (Lipinski definition) is 6. The van der Waals surface area contributed by atoms with Crippen LogP contribution in [0.15, 0.2) is 53.4 Å². The molecule has 36 heavy (non-hydrogen) atoms. The lowest BCUT2D eigenvalue weighted by Gasteiger charge is -2.24. The summed E-state index contributed by atoms with van der Waals surface area (Å²) in [4.78, 5) is 20.0. The number of nitrogens with one attached hydrogen (secondary N) is 1. The average molecular weight is 519 g/mol. The molecule has 10 heteroatoms. The molecule has 1 aromatic heterocycles. The second kappa shape index (κ2) is 11.6. The molecule has 3 N–H and O–H groups in total. The Morgan fingerprint density at radius 3 is 2.53 bits per heavy atom. The zero-order valence-electron chi connectivity index (χ0n) is 20.3. The number of rotatable bonds is 11. The topological polar surface area (TPSA) is 83.0 Å². The number of carbonyl (C=O) groups is 1. The fourth-order valence-corrected chi connectivity index (χ4v) is 5.30. The van der Waals surface area contributed by atoms with E-state index in [0.29, 0.717) is 13.1 Å². The van der Waals surface area contributed by atoms with E-state index in [9.17, 15) is 13.6 Å². The Bertz CT molecular complexity index is 1150. The number of benzene rings is 2. The summed E-state index contributed by atoms with van der Waals surface area (Å²) in [6, 6.07) is 15.8. The van der Waals surface area contributed by atoms with E-state index in [4.69, 9.17) is 10.2 Å². The van der Waals surface area contributed by atoms with E-state index in [1.54, 1.807) is 4.90 Å². The van der Waals surface area contributed by atoms with Crippen molar-refractivity contribution in [3.8, 4) is 11.3 Å². The van der Waals surface area contributed by atoms with Crippen LogP contribution in [0.2, 0.25) is 0 Å². The molecule has 2 heterocycles. The van der Waals surface area contributed by atoms with Crippen LogP contribution >= 0.6 is 11.9 Å². The lowest BCUT2D eigenvalue weighted by molar-refractivity contribution is -0.132. The van der Waals surface area contributed by atoms with Crippen molar-refractivity contribution in [2.24, 2.45) is 0 Å². The van der Waals surface area contributed by atoms with Gasteiger partial charge in [0.1, 0.15) is 0 Å². The number of fused-ring (bicyclic) bond motifs is 1. The molecule has 0 radical (unpaired) electrons. The maximum absolute atomic E-state index is 14.0. The summed E-state index contributed by atoms with van der Waals surface area (Å²) in [5, 5.41) is 19.3. The molecule has 0 unspecified atom stereocenters. The number of nitrogens with zero attached hydrogens (tertiary/aromatic N) is 3. The highest BCUT2D eigenvalue weighted by atomic mass is 32.2. The predicted octanol–water partition coefficient (Wildman–Crippen LogP) is 3.82. The van der Waals surface area contributed by atoms with Crippen molar-refractivity contribution >= 4 is 34.4 Å². The van der Waals surface area contributed by atoms with Crippen LogP contribution in [0.25, 0.3) is 22.2 Å². The largest absolute Gasteiger partial charge is 0.395 e. The highest BCUT2D eigenvalue weighted by Crippen LogP contribution is 2.40. The van der Waals surface area contributed by atoms with E-state index in [1.807, 2.05) is 59.9 Å². The second-order valence-corrected chi connectivity index (χ2v) is 10.3. The van der Waals surface area contributed by atoms with Crippen LogP contribution < -0.4 is 4.90 Å². The van der Waals surface area contributed by atoms with Crippen LogP contribution in [-0.4, -0.2) is 89.2 Å². The van der Waals surface area contributed by atoms with Gasteiger partial charge in [-0.2, -0.15) is 0 Å². The molecule has 1 amide bonds. The van der Waals surface area contributed by atoms with Gasteiger partial charge in [-0.3, -0.25) is 4.79 Å². The van der Waals surface area contributed by atoms with E-state index < -0.39 is 5.92 Å². The number of halogens is 2. The number of aliphatic hydroxyl groups excluding tert-OH is 2. The van der Waals surface area contributed by atoms with Gasteiger partial charge in [0.2, 0.25) is 5.91 Å². The highest BCUT2D eigenvalue weighted by molar-refractivity contribution is 7.97. The summed E-state index contributed by atoms with van der Waals surface area (Å²) in [5.74, 6) is -2.83. The van der Waals surface area contributed by atoms with E-state index >= 15 is 0 Å². The van der Waals surface area contributed by atoms with Crippen LogP contribution in [0.1, 0.15) is 12.8 Å². The number of aliphatic hydroxyl groups is 2. The lowest BCUT2D eigenvalue weighted by atomic mass is 10.1. The van der Waals surface area contributed by atoms with Crippen molar-refractivity contribution in [3.63, 3.8) is 0 Å². The zero-order chi connectivity index (χ0) is 25.7. The third-order valence-electron chi connectivity index (χ3n) is 6.29. The van der Waals surface area contributed by atoms with E-state index in [1.165, 1.54) is 16.8 Å². The third kappa shape index (κ3) is 6.36. The predicted molar refractivity (Wildman–Crippen MR) is 139 cm³/mol. The Hall–Kier alpha value is -2.66. The molecule has 7 nitrogen and oxygen atoms in total. The van der Waals surface area contributed by atoms with E-state index in [-0.39, 0.29) is 51.6 Å². The van der Waals surface area contributed by atoms with Crippen LogP contribution in [0.3, 0.4) is 0 Å². The molecular weight excluding hydrogens is 486 g/mol. The van der Waals surface area contributed by atoms with Gasteiger partial charge >= 0.3 is 0 Å². The second-order valence-electron chi connectivity index (χ2n) is 9.00. The van der Waals surface area contributed by atoms with Gasteiger partial charge in [-0.05, 0) is 49.3 Å². The van der Waals surface area contributed by atoms with Crippen molar-refractivity contribution in [2.45, 2.75) is 23.7 Å². The summed E-state index contributed by atoms with van der Waals surface area (Å²) >= 11 is 1.47. The van der Waals surface area contributed by atoms with Gasteiger partial charge in [-0.15, -0.1) is 0 Å². The summed E-state index contributed by atoms with van der Waals surface area (Å²) in [7, 11) is 1.89. The Morgan fingerprint density at radius 1 is 1.11 bits per heavy atom. The Balaban J connectivity index is 1.53. The maximum Gasteiger partial charge on any atom is 0.266 e. The van der Waals surface area contributed by atoms with Gasteiger partial charge in [0.05, 0.1) is 19.8 Å². The smallest absolute Gasteiger partial charge is 0.266 e. The summed E-state index contributed by atoms with van der Waals surface area (Å²) < 4.78 is 30.0. The number of anilines is 1. The Labute approximate surface area is 213 Å². The molecule has 0 bridgehead atoms. The Morgan fingerprint density at radius 2 is 1.86 bits per heavy atom. The van der Waals surface area contributed by atoms with Gasteiger partial charge in [0.25, 0.3) is 5.92 Å². The van der Waals surface area contributed by atoms with Crippen molar-refractivity contribution in [3.05, 3.63) is 48.5 Å². The van der Waals surface area contributed by atoms with Crippen LogP contribution in [0.4, 0.5) is 14.5 Å². The van der Waals surface area contributed by atoms with E-state index in [0.717, 1.165) is 32.7 Å². The number of aromatic amines is 1. The molecule has 1 fully saturated rings. The quantitative estimate of drug-likeness (QED) is 0.335. The first-order valence-electron chi connectivity index (χ1n) is 12.0. The maximum atomic E-state index is 14.0. The molecule has 194 valence electrons. The van der Waals surface area contributed by atoms with Gasteiger partial charge in [-0.1, -0.05) is 18.2 Å². The minimum absolute atomic E-state index is 0.130. The van der Waals surface area contributed by atoms with Gasteiger partial charge in [0, 0.05) is 71.8 Å². The van der Waals surface area contributed by atoms with E-state index in [2.05, 4.69) is 4.98 Å². The molecule has 1 aliphatic rings. The minimum Gasteiger partial charge on any atom is -0.395 e. The monoisotopic (exact) mass is 518 g/mol. The number of hydrogen-bond donors (Lipinski definition) is 3. The fourth-order valence-electron chi connectivity index (χ4n) is 4.46. The number of H-pyrrole nitrogens is 1. The molecule has 2 aromatic carbocycles. The normalized spacial score (nSPS) is 15.2. The first-order valence-corrected chi connectivity index (χ1v) is 12.8. The van der Waals surface area contributed by atoms with Crippen molar-refractivity contribution < 1.29 is 23.8 Å². The van der Waals surface area contributed by atoms with Crippen LogP contribution in [0, 0.1) is 0 Å². The summed E-state index contributed by atoms with van der Waals surface area (Å²) in [6.07, 6.45) is 0.0926. The fraction of sp³-hybridized carbons (Fsp3) is 0.423. The number of alkyl halides is 2. The van der Waals surface area contributed by atoms with Crippen LogP contribution in [-0.2, 0) is 4.79 Å². The minimum atomic E-state index is -2.70. The van der Waals surface area contributed by atoms with Crippen molar-refractivity contribution in [2.75, 3.05) is 57.9 Å². The Kier molecular flexibility index (Phi) is 8.50. The number of para-hydroxylation sites is 1. The molecule has 1 saturated heterocycles. The molecule has 0 spiro atoms. The molecule has 0 saturated carbocycles. The highest BCUT2D eigenvalue weighted by Gasteiger charge is 2.39. The molecule has 0 atom stereocenters. The summed E-state index contributed by atoms with van der Waals surface area (Å²) in [5.41, 5.74) is 3.47. The first kappa shape index (κ1) is 26.4. The molecule has 3 aromatic rings. The average Bonchev–Trinajstić information content (AvgIpc) is 3.45. The van der Waals surface area contributed by atoms with Crippen LogP contribution in [0.5, 0.6) is 0 Å². The van der Waals surface area contributed by atoms with Crippen molar-refractivity contribution in [1.29, 1.82) is 0 Å². The standard InChI is InChI=1S/C26H32F2N4O3S/c1-30(10-8-25(35)31(12-14-33)13-15-34)36-20-6-7-24(32-11-9-26(27,28)18-32)21(17-20)23-16-19-4-2-3-5-22(19)29-23/h2-7,16-17,29,33-34H,8-15,18H2,1H3. The SMILES string of the molecule is CN(CCC(=O)N(CCO)CCO)Sc1ccc(N2CCC(F)(F)C2)c(-c2cc3ccccc3[nH]2)c1. The molecule has 4 rings (SSSR count). The summed E-state index contributed by atoms with van der Waals surface area (Å²) in [6.45, 7) is 0.561. The molecule has 1 aliphatic heterocycles. The van der Waals surface area contributed by atoms with Gasteiger partial charge in [-0.25, -0.2) is 13.1 Å². The third-order valence-corrected chi connectivity index (χ3v) is 7.25. The van der Waals surface area contributed by atoms with Gasteiger partial charge in [0.15, 0.2) is 0 Å². The lowest BCUT2D eigenvalue weighted by Crippen LogP contribution is -2.37. The van der Waals surface area contributed by atoms with Crippen molar-refractivity contribution in [1.82, 2.24) is 14.2 Å². The van der Waals surface area contributed by atoms with Gasteiger partial charge < -0.3 is 25.0 Å². The number of carbonyl (C=O) groups excluding carboxylic acids is 1. The number of aromatic nitrogens is 1. The number of amides is 1. The zero-order valence-corrected chi connectivity index (χ0v) is 21.1. The first-order chi connectivity index (χ1) is 17.3. The molecule has 0 aliphatic carbocycles. The molecular formula is C26H32F2N4O3S.